The summed E-state index contributed by atoms with van der Waals surface area (Å²) in [6.45, 7) is 0. The predicted octanol–water partition coefficient (Wildman–Crippen LogP) is 3.05. The Morgan fingerprint density at radius 2 is 2.27 bits per heavy atom. The molecule has 0 aliphatic heterocycles. The summed E-state index contributed by atoms with van der Waals surface area (Å²) in [5, 5.41) is 1.24. The van der Waals surface area contributed by atoms with Crippen LogP contribution in [-0.4, -0.2) is 6.29 Å². The van der Waals surface area contributed by atoms with Gasteiger partial charge in [0.05, 0.1) is 0 Å². The van der Waals surface area contributed by atoms with E-state index in [9.17, 15) is 4.79 Å². The number of carbonyl (C=O) groups excluding carboxylic acids is 1. The maximum absolute atomic E-state index is 10.5. The first-order valence-electron chi connectivity index (χ1n) is 3.08. The summed E-state index contributed by atoms with van der Waals surface area (Å²) >= 11 is 9.08. The molecule has 58 valence electrons. The van der Waals surface area contributed by atoms with Gasteiger partial charge in [-0.25, -0.2) is 0 Å². The molecule has 1 aromatic rings. The minimum Gasteiger partial charge on any atom is -0.298 e. The second kappa shape index (κ2) is 3.88. The van der Waals surface area contributed by atoms with Crippen LogP contribution < -0.4 is 0 Å². The van der Waals surface area contributed by atoms with Crippen LogP contribution >= 0.6 is 27.5 Å². The highest BCUT2D eigenvalue weighted by molar-refractivity contribution is 9.08. The van der Waals surface area contributed by atoms with E-state index in [0.29, 0.717) is 15.9 Å². The van der Waals surface area contributed by atoms with Gasteiger partial charge in [0, 0.05) is 15.9 Å². The summed E-state index contributed by atoms with van der Waals surface area (Å²) in [5.41, 5.74) is 1.50. The summed E-state index contributed by atoms with van der Waals surface area (Å²) in [6, 6.07) is 5.28. The van der Waals surface area contributed by atoms with Gasteiger partial charge in [0.2, 0.25) is 0 Å². The smallest absolute Gasteiger partial charge is 0.150 e. The van der Waals surface area contributed by atoms with Gasteiger partial charge < -0.3 is 0 Å². The van der Waals surface area contributed by atoms with Crippen LogP contribution in [0.2, 0.25) is 5.02 Å². The van der Waals surface area contributed by atoms with E-state index >= 15 is 0 Å². The molecule has 0 radical (unpaired) electrons. The van der Waals surface area contributed by atoms with Crippen LogP contribution in [0.15, 0.2) is 18.2 Å². The van der Waals surface area contributed by atoms with Crippen LogP contribution in [0.1, 0.15) is 15.9 Å². The first-order valence-corrected chi connectivity index (χ1v) is 4.58. The second-order valence-electron chi connectivity index (χ2n) is 2.06. The maximum Gasteiger partial charge on any atom is 0.150 e. The summed E-state index contributed by atoms with van der Waals surface area (Å²) in [7, 11) is 0. The van der Waals surface area contributed by atoms with E-state index < -0.39 is 0 Å². The van der Waals surface area contributed by atoms with Gasteiger partial charge in [-0.05, 0) is 11.6 Å². The van der Waals surface area contributed by atoms with E-state index in [2.05, 4.69) is 15.9 Å². The van der Waals surface area contributed by atoms with E-state index in [1.165, 1.54) is 0 Å². The van der Waals surface area contributed by atoms with Crippen molar-refractivity contribution >= 4 is 33.8 Å². The molecule has 0 N–H and O–H groups in total. The van der Waals surface area contributed by atoms with Crippen LogP contribution in [0.3, 0.4) is 0 Å². The molecular formula is C8H6BrClO. The summed E-state index contributed by atoms with van der Waals surface area (Å²) in [4.78, 5) is 10.5. The fraction of sp³-hybridized carbons (Fsp3) is 0.125. The predicted molar refractivity (Wildman–Crippen MR) is 49.5 cm³/mol. The quantitative estimate of drug-likeness (QED) is 0.567. The first-order chi connectivity index (χ1) is 5.29. The van der Waals surface area contributed by atoms with Crippen molar-refractivity contribution in [2.45, 2.75) is 5.33 Å². The molecule has 0 saturated carbocycles. The normalized spacial score (nSPS) is 9.64. The van der Waals surface area contributed by atoms with Crippen molar-refractivity contribution in [1.29, 1.82) is 0 Å². The number of halogens is 2. The van der Waals surface area contributed by atoms with Gasteiger partial charge in [0.25, 0.3) is 0 Å². The second-order valence-corrected chi connectivity index (χ2v) is 3.03. The monoisotopic (exact) mass is 232 g/mol. The highest BCUT2D eigenvalue weighted by atomic mass is 79.9. The molecule has 0 unspecified atom stereocenters. The molecule has 1 nitrogen and oxygen atoms in total. The summed E-state index contributed by atoms with van der Waals surface area (Å²) in [5.74, 6) is 0. The van der Waals surface area contributed by atoms with Crippen LogP contribution in [0.25, 0.3) is 0 Å². The van der Waals surface area contributed by atoms with E-state index in [0.717, 1.165) is 11.8 Å². The fourth-order valence-corrected chi connectivity index (χ4v) is 1.86. The number of alkyl halides is 1. The van der Waals surface area contributed by atoms with Crippen LogP contribution in [-0.2, 0) is 5.33 Å². The van der Waals surface area contributed by atoms with Gasteiger partial charge >= 0.3 is 0 Å². The van der Waals surface area contributed by atoms with Crippen LogP contribution in [0.4, 0.5) is 0 Å². The largest absolute Gasteiger partial charge is 0.298 e. The average Bonchev–Trinajstić information content (AvgIpc) is 2.04. The van der Waals surface area contributed by atoms with Gasteiger partial charge in [-0.1, -0.05) is 39.7 Å². The minimum absolute atomic E-state index is 0.612. The lowest BCUT2D eigenvalue weighted by Crippen LogP contribution is -1.89. The van der Waals surface area contributed by atoms with Gasteiger partial charge in [0.15, 0.2) is 0 Å². The number of rotatable bonds is 2. The van der Waals surface area contributed by atoms with Gasteiger partial charge in [-0.2, -0.15) is 0 Å². The van der Waals surface area contributed by atoms with Crippen LogP contribution in [0.5, 0.6) is 0 Å². The zero-order valence-electron chi connectivity index (χ0n) is 5.68. The molecule has 3 heteroatoms. The lowest BCUT2D eigenvalue weighted by atomic mass is 10.1. The lowest BCUT2D eigenvalue weighted by molar-refractivity contribution is 0.112. The van der Waals surface area contributed by atoms with Crippen molar-refractivity contribution in [1.82, 2.24) is 0 Å². The highest BCUT2D eigenvalue weighted by Gasteiger charge is 2.02. The van der Waals surface area contributed by atoms with Crippen molar-refractivity contribution < 1.29 is 4.79 Å². The Morgan fingerprint density at radius 3 is 2.73 bits per heavy atom. The molecule has 0 amide bonds. The fourth-order valence-electron chi connectivity index (χ4n) is 0.827. The SMILES string of the molecule is O=Cc1cccc(Cl)c1CBr. The Morgan fingerprint density at radius 1 is 1.55 bits per heavy atom. The van der Waals surface area contributed by atoms with Crippen molar-refractivity contribution in [2.75, 3.05) is 0 Å². The number of carbonyl (C=O) groups is 1. The van der Waals surface area contributed by atoms with Crippen molar-refractivity contribution in [3.05, 3.63) is 34.3 Å². The molecule has 0 bridgehead atoms. The molecule has 0 heterocycles. The lowest BCUT2D eigenvalue weighted by Gasteiger charge is -2.01. The van der Waals surface area contributed by atoms with Gasteiger partial charge in [-0.3, -0.25) is 4.79 Å². The molecule has 0 aromatic heterocycles. The number of hydrogen-bond acceptors (Lipinski definition) is 1. The Labute approximate surface area is 78.5 Å². The standard InChI is InChI=1S/C8H6BrClO/c9-4-7-6(5-11)2-1-3-8(7)10/h1-3,5H,4H2. The van der Waals surface area contributed by atoms with E-state index in [4.69, 9.17) is 11.6 Å². The Balaban J connectivity index is 3.23. The molecule has 1 rings (SSSR count). The van der Waals surface area contributed by atoms with Crippen LogP contribution in [0, 0.1) is 0 Å². The molecule has 1 aromatic carbocycles. The average molecular weight is 233 g/mol. The van der Waals surface area contributed by atoms with Gasteiger partial charge in [0.1, 0.15) is 6.29 Å². The molecule has 0 saturated heterocycles. The van der Waals surface area contributed by atoms with Crippen molar-refractivity contribution in [2.24, 2.45) is 0 Å². The Bertz CT molecular complexity index is 273. The molecule has 0 fully saturated rings. The van der Waals surface area contributed by atoms with Crippen molar-refractivity contribution in [3.8, 4) is 0 Å². The number of aldehydes is 1. The molecule has 0 spiro atoms. The first kappa shape index (κ1) is 8.75. The summed E-state index contributed by atoms with van der Waals surface area (Å²) in [6.07, 6.45) is 0.808. The van der Waals surface area contributed by atoms with Gasteiger partial charge in [-0.15, -0.1) is 0 Å². The molecule has 0 atom stereocenters. The molecule has 0 aliphatic carbocycles. The number of benzene rings is 1. The third-order valence-electron chi connectivity index (χ3n) is 1.42. The summed E-state index contributed by atoms with van der Waals surface area (Å²) < 4.78 is 0. The zero-order chi connectivity index (χ0) is 8.27. The zero-order valence-corrected chi connectivity index (χ0v) is 8.02. The number of hydrogen-bond donors (Lipinski definition) is 0. The van der Waals surface area contributed by atoms with E-state index in [1.54, 1.807) is 18.2 Å². The maximum atomic E-state index is 10.5. The highest BCUT2D eigenvalue weighted by Crippen LogP contribution is 2.21. The minimum atomic E-state index is 0.612. The Kier molecular flexibility index (Phi) is 3.09. The van der Waals surface area contributed by atoms with E-state index in [-0.39, 0.29) is 0 Å². The third-order valence-corrected chi connectivity index (χ3v) is 2.33. The Hall–Kier alpha value is -0.340. The molecular weight excluding hydrogens is 227 g/mol. The third kappa shape index (κ3) is 1.82. The van der Waals surface area contributed by atoms with Crippen molar-refractivity contribution in [3.63, 3.8) is 0 Å². The molecule has 0 aliphatic rings. The topological polar surface area (TPSA) is 17.1 Å². The van der Waals surface area contributed by atoms with E-state index in [1.807, 2.05) is 0 Å². The molecule has 11 heavy (non-hydrogen) atoms.